The van der Waals surface area contributed by atoms with Gasteiger partial charge in [-0.05, 0) is 30.7 Å². The lowest BCUT2D eigenvalue weighted by molar-refractivity contribution is -0.139. The number of rotatable bonds is 5. The summed E-state index contributed by atoms with van der Waals surface area (Å²) in [5, 5.41) is 8.93. The van der Waals surface area contributed by atoms with Crippen LogP contribution in [-0.4, -0.2) is 54.2 Å². The second kappa shape index (κ2) is 7.19. The smallest absolute Gasteiger partial charge is 0.305 e. The molecule has 0 spiro atoms. The molecule has 0 aromatic heterocycles. The molecule has 0 aliphatic carbocycles. The Balaban J connectivity index is 2.10. The molecule has 1 amide bonds. The molecule has 1 aliphatic rings. The lowest BCUT2D eigenvalue weighted by atomic mass is 10.1. The van der Waals surface area contributed by atoms with Crippen LogP contribution in [0.2, 0.25) is 0 Å². The van der Waals surface area contributed by atoms with Gasteiger partial charge in [-0.15, -0.1) is 0 Å². The van der Waals surface area contributed by atoms with Gasteiger partial charge in [-0.1, -0.05) is 12.1 Å². The van der Waals surface area contributed by atoms with Crippen LogP contribution in [0, 0.1) is 0 Å². The van der Waals surface area contributed by atoms with Gasteiger partial charge in [0.25, 0.3) is 5.91 Å². The maximum absolute atomic E-state index is 12.5. The van der Waals surface area contributed by atoms with Gasteiger partial charge in [-0.3, -0.25) is 9.59 Å². The fourth-order valence-corrected chi connectivity index (χ4v) is 2.44. The van der Waals surface area contributed by atoms with Crippen LogP contribution >= 0.6 is 0 Å². The molecule has 0 radical (unpaired) electrons. The van der Waals surface area contributed by atoms with Crippen LogP contribution in [0.5, 0.6) is 0 Å². The third-order valence-electron chi connectivity index (χ3n) is 3.53. The van der Waals surface area contributed by atoms with E-state index in [1.807, 2.05) is 12.1 Å². The minimum Gasteiger partial charge on any atom is -0.481 e. The average molecular weight is 292 g/mol. The molecular weight excluding hydrogens is 272 g/mol. The highest BCUT2D eigenvalue weighted by Crippen LogP contribution is 2.16. The Morgan fingerprint density at radius 2 is 2.05 bits per heavy atom. The number of carbonyl (C=O) groups is 2. The maximum atomic E-state index is 12.5. The van der Waals surface area contributed by atoms with Crippen LogP contribution < -0.4 is 5.73 Å². The van der Waals surface area contributed by atoms with Crippen molar-refractivity contribution in [1.29, 1.82) is 0 Å². The largest absolute Gasteiger partial charge is 0.481 e. The third kappa shape index (κ3) is 4.03. The fourth-order valence-electron chi connectivity index (χ4n) is 2.44. The summed E-state index contributed by atoms with van der Waals surface area (Å²) < 4.78 is 5.28. The number of ether oxygens (including phenoxy) is 1. The van der Waals surface area contributed by atoms with E-state index in [0.717, 1.165) is 12.0 Å². The van der Waals surface area contributed by atoms with E-state index in [0.29, 0.717) is 25.3 Å². The van der Waals surface area contributed by atoms with Gasteiger partial charge in [-0.25, -0.2) is 0 Å². The molecule has 6 heteroatoms. The van der Waals surface area contributed by atoms with E-state index in [1.54, 1.807) is 17.0 Å². The summed E-state index contributed by atoms with van der Waals surface area (Å²) in [6.07, 6.45) is 0.671. The highest BCUT2D eigenvalue weighted by Gasteiger charge is 2.29. The monoisotopic (exact) mass is 292 g/mol. The molecule has 1 fully saturated rings. The van der Waals surface area contributed by atoms with Crippen molar-refractivity contribution in [3.63, 3.8) is 0 Å². The zero-order valence-corrected chi connectivity index (χ0v) is 11.8. The van der Waals surface area contributed by atoms with Crippen LogP contribution in [0.25, 0.3) is 0 Å². The quantitative estimate of drug-likeness (QED) is 0.824. The molecule has 1 aromatic rings. The van der Waals surface area contributed by atoms with E-state index in [-0.39, 0.29) is 18.9 Å². The van der Waals surface area contributed by atoms with Gasteiger partial charge in [0.2, 0.25) is 0 Å². The van der Waals surface area contributed by atoms with Crippen molar-refractivity contribution in [2.24, 2.45) is 5.73 Å². The highest BCUT2D eigenvalue weighted by atomic mass is 16.5. The Morgan fingerprint density at radius 3 is 2.67 bits per heavy atom. The normalized spacial score (nSPS) is 18.5. The second-order valence-electron chi connectivity index (χ2n) is 5.06. The van der Waals surface area contributed by atoms with E-state index >= 15 is 0 Å². The third-order valence-corrected chi connectivity index (χ3v) is 3.53. The fraction of sp³-hybridized carbons (Fsp3) is 0.467. The van der Waals surface area contributed by atoms with Gasteiger partial charge in [0.1, 0.15) is 0 Å². The first kappa shape index (κ1) is 15.5. The molecule has 2 rings (SSSR count). The Labute approximate surface area is 123 Å². The van der Waals surface area contributed by atoms with Crippen molar-refractivity contribution >= 4 is 11.9 Å². The number of hydrogen-bond donors (Lipinski definition) is 2. The summed E-state index contributed by atoms with van der Waals surface area (Å²) in [5.41, 5.74) is 7.14. The first-order chi connectivity index (χ1) is 10.1. The second-order valence-corrected chi connectivity index (χ2v) is 5.06. The summed E-state index contributed by atoms with van der Waals surface area (Å²) in [5.74, 6) is -1.08. The molecule has 21 heavy (non-hydrogen) atoms. The number of benzene rings is 1. The number of amides is 1. The molecule has 1 heterocycles. The molecular formula is C15H20N2O4. The van der Waals surface area contributed by atoms with Crippen LogP contribution in [0.4, 0.5) is 0 Å². The van der Waals surface area contributed by atoms with E-state index in [1.165, 1.54) is 0 Å². The van der Waals surface area contributed by atoms with Crippen LogP contribution in [0.1, 0.15) is 22.3 Å². The van der Waals surface area contributed by atoms with Crippen molar-refractivity contribution in [3.8, 4) is 0 Å². The van der Waals surface area contributed by atoms with Gasteiger partial charge in [0.15, 0.2) is 0 Å². The summed E-state index contributed by atoms with van der Waals surface area (Å²) in [4.78, 5) is 25.0. The number of hydrogen-bond acceptors (Lipinski definition) is 4. The summed E-state index contributed by atoms with van der Waals surface area (Å²) in [6.45, 7) is 1.69. The predicted molar refractivity (Wildman–Crippen MR) is 77.1 cm³/mol. The molecule has 1 unspecified atom stereocenters. The topological polar surface area (TPSA) is 92.9 Å². The van der Waals surface area contributed by atoms with Gasteiger partial charge >= 0.3 is 5.97 Å². The number of morpholine rings is 1. The van der Waals surface area contributed by atoms with Crippen molar-refractivity contribution in [1.82, 2.24) is 4.90 Å². The molecule has 1 aliphatic heterocycles. The maximum Gasteiger partial charge on any atom is 0.305 e. The number of carboxylic acid groups (broad SMARTS) is 1. The van der Waals surface area contributed by atoms with Crippen molar-refractivity contribution < 1.29 is 19.4 Å². The first-order valence-electron chi connectivity index (χ1n) is 7.01. The molecule has 0 bridgehead atoms. The van der Waals surface area contributed by atoms with E-state index < -0.39 is 12.0 Å². The summed E-state index contributed by atoms with van der Waals surface area (Å²) >= 11 is 0. The molecule has 1 atom stereocenters. The number of carboxylic acids is 1. The standard InChI is InChI=1S/C15H20N2O4/c16-6-5-11-1-3-12(4-2-11)15(20)17-7-8-21-10-13(17)9-14(18)19/h1-4,13H,5-10,16H2,(H,18,19). The van der Waals surface area contributed by atoms with E-state index in [4.69, 9.17) is 15.6 Å². The van der Waals surface area contributed by atoms with Gasteiger partial charge < -0.3 is 20.5 Å². The predicted octanol–water partition coefficient (Wildman–Crippen LogP) is 0.504. The molecule has 1 aromatic carbocycles. The Hall–Kier alpha value is -1.92. The van der Waals surface area contributed by atoms with Crippen LogP contribution in [0.15, 0.2) is 24.3 Å². The minimum atomic E-state index is -0.929. The first-order valence-corrected chi connectivity index (χ1v) is 7.01. The van der Waals surface area contributed by atoms with E-state index in [9.17, 15) is 9.59 Å². The molecule has 6 nitrogen and oxygen atoms in total. The molecule has 0 saturated carbocycles. The lowest BCUT2D eigenvalue weighted by Crippen LogP contribution is -2.49. The van der Waals surface area contributed by atoms with Crippen LogP contribution in [-0.2, 0) is 16.0 Å². The van der Waals surface area contributed by atoms with E-state index in [2.05, 4.69) is 0 Å². The number of aliphatic carboxylic acids is 1. The zero-order valence-electron chi connectivity index (χ0n) is 11.8. The van der Waals surface area contributed by atoms with Gasteiger partial charge in [0.05, 0.1) is 25.7 Å². The number of nitrogens with two attached hydrogens (primary N) is 1. The van der Waals surface area contributed by atoms with Crippen molar-refractivity contribution in [3.05, 3.63) is 35.4 Å². The molecule has 1 saturated heterocycles. The summed E-state index contributed by atoms with van der Waals surface area (Å²) in [6, 6.07) is 6.88. The molecule has 114 valence electrons. The number of nitrogens with zero attached hydrogens (tertiary/aromatic N) is 1. The van der Waals surface area contributed by atoms with Crippen LogP contribution in [0.3, 0.4) is 0 Å². The lowest BCUT2D eigenvalue weighted by Gasteiger charge is -2.34. The Morgan fingerprint density at radius 1 is 1.33 bits per heavy atom. The minimum absolute atomic E-state index is 0.100. The Kier molecular flexibility index (Phi) is 5.30. The SMILES string of the molecule is NCCc1ccc(C(=O)N2CCOCC2CC(=O)O)cc1. The summed E-state index contributed by atoms with van der Waals surface area (Å²) in [7, 11) is 0. The van der Waals surface area contributed by atoms with Gasteiger partial charge in [0, 0.05) is 12.1 Å². The number of carbonyl (C=O) groups excluding carboxylic acids is 1. The van der Waals surface area contributed by atoms with Crippen molar-refractivity contribution in [2.45, 2.75) is 18.9 Å². The van der Waals surface area contributed by atoms with Crippen molar-refractivity contribution in [2.75, 3.05) is 26.3 Å². The average Bonchev–Trinajstić information content (AvgIpc) is 2.48. The van der Waals surface area contributed by atoms with Gasteiger partial charge in [-0.2, -0.15) is 0 Å². The molecule has 3 N–H and O–H groups in total. The Bertz CT molecular complexity index is 501. The zero-order chi connectivity index (χ0) is 15.2. The highest BCUT2D eigenvalue weighted by molar-refractivity contribution is 5.94.